The fourth-order valence-corrected chi connectivity index (χ4v) is 3.05. The Morgan fingerprint density at radius 1 is 1.17 bits per heavy atom. The molecule has 3 rings (SSSR count). The Balaban J connectivity index is 2.13. The maximum Gasteiger partial charge on any atom is 0.322 e. The number of carbonyl (C=O) groups is 2. The Morgan fingerprint density at radius 3 is 2.45 bits per heavy atom. The van der Waals surface area contributed by atoms with E-state index < -0.39 is 24.0 Å². The number of nitrogens with zero attached hydrogens (tertiary/aromatic N) is 4. The number of aromatic nitrogens is 3. The Morgan fingerprint density at radius 2 is 1.86 bits per heavy atom. The largest absolute Gasteiger partial charge is 0.480 e. The lowest BCUT2D eigenvalue weighted by Gasteiger charge is -2.14. The van der Waals surface area contributed by atoms with E-state index in [2.05, 4.69) is 15.3 Å². The third-order valence-electron chi connectivity index (χ3n) is 4.65. The number of hydrogen-bond donors (Lipinski definition) is 2. The second-order valence-electron chi connectivity index (χ2n) is 6.84. The van der Waals surface area contributed by atoms with E-state index in [4.69, 9.17) is 5.11 Å². The molecule has 0 aliphatic heterocycles. The van der Waals surface area contributed by atoms with E-state index in [1.807, 2.05) is 37.2 Å². The fraction of sp³-hybridized carbons (Fsp3) is 0.250. The Labute approximate surface area is 166 Å². The highest BCUT2D eigenvalue weighted by molar-refractivity contribution is 6.01. The van der Waals surface area contributed by atoms with Gasteiger partial charge in [0.05, 0.1) is 0 Å². The van der Waals surface area contributed by atoms with Crippen LogP contribution in [0, 0.1) is 6.92 Å². The van der Waals surface area contributed by atoms with Gasteiger partial charge in [-0.15, -0.1) is 0 Å². The van der Waals surface area contributed by atoms with Gasteiger partial charge in [0.2, 0.25) is 0 Å². The molecule has 1 amide bonds. The van der Waals surface area contributed by atoms with Gasteiger partial charge in [0.15, 0.2) is 0 Å². The average Bonchev–Trinajstić information content (AvgIpc) is 2.70. The summed E-state index contributed by atoms with van der Waals surface area (Å²) >= 11 is 0. The standard InChI is InChI=1S/C20H21N5O4/c1-11-14-7-13(12-5-6-15(21-8-12)24(2)3)9-22-18(14)25(4)20(29)17(11)19(28)23-10-16(26)27/h5-9H,10H2,1-4H3,(H,23,28)(H,26,27). The van der Waals surface area contributed by atoms with Crippen LogP contribution in [0.5, 0.6) is 0 Å². The lowest BCUT2D eigenvalue weighted by atomic mass is 10.0. The van der Waals surface area contributed by atoms with Crippen molar-refractivity contribution in [3.8, 4) is 11.1 Å². The van der Waals surface area contributed by atoms with Crippen LogP contribution in [0.25, 0.3) is 22.2 Å². The zero-order valence-electron chi connectivity index (χ0n) is 16.6. The van der Waals surface area contributed by atoms with Gasteiger partial charge in [-0.2, -0.15) is 0 Å². The number of nitrogens with one attached hydrogen (secondary N) is 1. The summed E-state index contributed by atoms with van der Waals surface area (Å²) in [6, 6.07) is 5.65. The maximum atomic E-state index is 12.6. The SMILES string of the molecule is Cc1c(C(=O)NCC(=O)O)c(=O)n(C)c2ncc(-c3ccc(N(C)C)nc3)cc12. The van der Waals surface area contributed by atoms with Gasteiger partial charge in [-0.05, 0) is 30.7 Å². The first kappa shape index (κ1) is 20.0. The molecule has 0 bridgehead atoms. The zero-order valence-corrected chi connectivity index (χ0v) is 16.6. The summed E-state index contributed by atoms with van der Waals surface area (Å²) in [5, 5.41) is 11.6. The van der Waals surface area contributed by atoms with Crippen LogP contribution in [-0.2, 0) is 11.8 Å². The summed E-state index contributed by atoms with van der Waals surface area (Å²) < 4.78 is 1.29. The molecule has 2 N–H and O–H groups in total. The van der Waals surface area contributed by atoms with Crippen LogP contribution in [0.1, 0.15) is 15.9 Å². The number of carbonyl (C=O) groups excluding carboxylic acids is 1. The monoisotopic (exact) mass is 395 g/mol. The molecule has 0 saturated carbocycles. The molecule has 9 nitrogen and oxygen atoms in total. The highest BCUT2D eigenvalue weighted by Gasteiger charge is 2.20. The number of aliphatic carboxylic acids is 1. The normalized spacial score (nSPS) is 10.8. The smallest absolute Gasteiger partial charge is 0.322 e. The van der Waals surface area contributed by atoms with Crippen LogP contribution in [0.4, 0.5) is 5.82 Å². The second-order valence-corrected chi connectivity index (χ2v) is 6.84. The lowest BCUT2D eigenvalue weighted by molar-refractivity contribution is -0.135. The molecule has 9 heteroatoms. The molecular weight excluding hydrogens is 374 g/mol. The number of hydrogen-bond acceptors (Lipinski definition) is 6. The summed E-state index contributed by atoms with van der Waals surface area (Å²) in [6.07, 6.45) is 3.38. The third kappa shape index (κ3) is 3.79. The van der Waals surface area contributed by atoms with E-state index in [0.29, 0.717) is 16.6 Å². The van der Waals surface area contributed by atoms with Crippen molar-refractivity contribution in [2.45, 2.75) is 6.92 Å². The molecule has 0 unspecified atom stereocenters. The number of amides is 1. The van der Waals surface area contributed by atoms with Crippen molar-refractivity contribution in [3.05, 3.63) is 52.1 Å². The summed E-state index contributed by atoms with van der Waals surface area (Å²) in [5.74, 6) is -1.10. The van der Waals surface area contributed by atoms with Gasteiger partial charge in [-0.1, -0.05) is 0 Å². The van der Waals surface area contributed by atoms with Gasteiger partial charge in [0, 0.05) is 50.0 Å². The lowest BCUT2D eigenvalue weighted by Crippen LogP contribution is -2.36. The van der Waals surface area contributed by atoms with Gasteiger partial charge in [0.1, 0.15) is 23.6 Å². The van der Waals surface area contributed by atoms with E-state index in [0.717, 1.165) is 16.9 Å². The van der Waals surface area contributed by atoms with Crippen molar-refractivity contribution >= 4 is 28.7 Å². The first-order chi connectivity index (χ1) is 13.7. The molecule has 0 aliphatic carbocycles. The maximum absolute atomic E-state index is 12.6. The number of pyridine rings is 3. The Hall–Kier alpha value is -3.75. The predicted molar refractivity (Wildman–Crippen MR) is 109 cm³/mol. The van der Waals surface area contributed by atoms with Crippen molar-refractivity contribution < 1.29 is 14.7 Å². The van der Waals surface area contributed by atoms with Gasteiger partial charge < -0.3 is 15.3 Å². The molecule has 0 atom stereocenters. The predicted octanol–water partition coefficient (Wildman–Crippen LogP) is 1.18. The summed E-state index contributed by atoms with van der Waals surface area (Å²) in [7, 11) is 5.33. The minimum absolute atomic E-state index is 0.0960. The number of anilines is 1. The summed E-state index contributed by atoms with van der Waals surface area (Å²) in [4.78, 5) is 46.5. The minimum atomic E-state index is -1.19. The summed E-state index contributed by atoms with van der Waals surface area (Å²) in [5.41, 5.74) is 1.88. The van der Waals surface area contributed by atoms with Crippen molar-refractivity contribution in [1.29, 1.82) is 0 Å². The topological polar surface area (TPSA) is 117 Å². The molecule has 0 radical (unpaired) electrons. The van der Waals surface area contributed by atoms with E-state index in [9.17, 15) is 14.4 Å². The second kappa shape index (κ2) is 7.70. The van der Waals surface area contributed by atoms with E-state index in [1.165, 1.54) is 11.6 Å². The van der Waals surface area contributed by atoms with E-state index >= 15 is 0 Å². The molecular formula is C20H21N5O4. The van der Waals surface area contributed by atoms with Crippen LogP contribution < -0.4 is 15.8 Å². The van der Waals surface area contributed by atoms with Gasteiger partial charge in [-0.3, -0.25) is 19.0 Å². The van der Waals surface area contributed by atoms with Crippen LogP contribution in [0.3, 0.4) is 0 Å². The molecule has 0 fully saturated rings. The molecule has 3 aromatic rings. The minimum Gasteiger partial charge on any atom is -0.480 e. The van der Waals surface area contributed by atoms with Crippen molar-refractivity contribution in [3.63, 3.8) is 0 Å². The van der Waals surface area contributed by atoms with Crippen LogP contribution in [0.2, 0.25) is 0 Å². The quantitative estimate of drug-likeness (QED) is 0.666. The highest BCUT2D eigenvalue weighted by atomic mass is 16.4. The van der Waals surface area contributed by atoms with Gasteiger partial charge >= 0.3 is 5.97 Å². The van der Waals surface area contributed by atoms with E-state index in [1.54, 1.807) is 19.3 Å². The molecule has 3 aromatic heterocycles. The molecule has 0 aromatic carbocycles. The number of carboxylic acid groups (broad SMARTS) is 1. The van der Waals surface area contributed by atoms with Gasteiger partial charge in [0.25, 0.3) is 11.5 Å². The molecule has 0 saturated heterocycles. The van der Waals surface area contributed by atoms with Crippen molar-refractivity contribution in [2.24, 2.45) is 7.05 Å². The third-order valence-corrected chi connectivity index (χ3v) is 4.65. The number of carboxylic acids is 1. The molecule has 150 valence electrons. The van der Waals surface area contributed by atoms with E-state index in [-0.39, 0.29) is 5.56 Å². The summed E-state index contributed by atoms with van der Waals surface area (Å²) in [6.45, 7) is 1.08. The average molecular weight is 395 g/mol. The molecule has 3 heterocycles. The van der Waals surface area contributed by atoms with Crippen molar-refractivity contribution in [1.82, 2.24) is 19.9 Å². The van der Waals surface area contributed by atoms with Crippen molar-refractivity contribution in [2.75, 3.05) is 25.5 Å². The number of rotatable bonds is 5. The fourth-order valence-electron chi connectivity index (χ4n) is 3.05. The van der Waals surface area contributed by atoms with Crippen LogP contribution >= 0.6 is 0 Å². The first-order valence-electron chi connectivity index (χ1n) is 8.83. The molecule has 0 aliphatic rings. The highest BCUT2D eigenvalue weighted by Crippen LogP contribution is 2.25. The number of aryl methyl sites for hydroxylation is 2. The van der Waals surface area contributed by atoms with Crippen LogP contribution in [-0.4, -0.2) is 52.2 Å². The number of fused-ring (bicyclic) bond motifs is 1. The Kier molecular flexibility index (Phi) is 5.31. The van der Waals surface area contributed by atoms with Gasteiger partial charge in [-0.25, -0.2) is 9.97 Å². The molecule has 0 spiro atoms. The molecule has 29 heavy (non-hydrogen) atoms. The first-order valence-corrected chi connectivity index (χ1v) is 8.83. The Bertz CT molecular complexity index is 1170. The zero-order chi connectivity index (χ0) is 21.3. The van der Waals surface area contributed by atoms with Crippen LogP contribution in [0.15, 0.2) is 35.4 Å².